The van der Waals surface area contributed by atoms with Crippen molar-refractivity contribution in [3.05, 3.63) is 70.3 Å². The summed E-state index contributed by atoms with van der Waals surface area (Å²) in [5.41, 5.74) is 2.03. The molecule has 3 rings (SSSR count). The summed E-state index contributed by atoms with van der Waals surface area (Å²) in [6.45, 7) is 3.72. The van der Waals surface area contributed by atoms with Crippen molar-refractivity contribution in [3.63, 3.8) is 0 Å². The second-order valence-electron chi connectivity index (χ2n) is 6.34. The van der Waals surface area contributed by atoms with Crippen LogP contribution in [0.5, 0.6) is 0 Å². The Bertz CT molecular complexity index is 1060. The van der Waals surface area contributed by atoms with E-state index in [2.05, 4.69) is 0 Å². The number of fused-ring (bicyclic) bond motifs is 1. The van der Waals surface area contributed by atoms with E-state index in [-0.39, 0.29) is 5.56 Å². The minimum absolute atomic E-state index is 0.189. The van der Waals surface area contributed by atoms with Crippen LogP contribution in [0.3, 0.4) is 0 Å². The van der Waals surface area contributed by atoms with Crippen LogP contribution < -0.4 is 5.56 Å². The quantitative estimate of drug-likeness (QED) is 0.618. The number of hydrogen-bond donors (Lipinski definition) is 0. The summed E-state index contributed by atoms with van der Waals surface area (Å²) in [5.74, 6) is -0.0117. The average molecular weight is 404 g/mol. The van der Waals surface area contributed by atoms with E-state index in [1.807, 2.05) is 37.3 Å². The number of halogens is 2. The molecular weight excluding hydrogens is 385 g/mol. The van der Waals surface area contributed by atoms with Crippen LogP contribution in [-0.2, 0) is 4.79 Å². The molecule has 0 saturated heterocycles. The highest BCUT2D eigenvalue weighted by atomic mass is 35.5. The predicted octanol–water partition coefficient (Wildman–Crippen LogP) is 4.02. The van der Waals surface area contributed by atoms with E-state index in [9.17, 15) is 9.59 Å². The van der Waals surface area contributed by atoms with Gasteiger partial charge >= 0.3 is 0 Å². The van der Waals surface area contributed by atoms with Gasteiger partial charge in [-0.15, -0.1) is 0 Å². The molecule has 5 nitrogen and oxygen atoms in total. The Labute approximate surface area is 167 Å². The van der Waals surface area contributed by atoms with Gasteiger partial charge in [-0.05, 0) is 37.6 Å². The van der Waals surface area contributed by atoms with Crippen molar-refractivity contribution in [2.45, 2.75) is 24.7 Å². The van der Waals surface area contributed by atoms with E-state index in [1.165, 1.54) is 4.90 Å². The number of benzene rings is 2. The molecule has 0 aliphatic carbocycles. The number of hydrogen-bond acceptors (Lipinski definition) is 3. The number of amides is 1. The Morgan fingerprint density at radius 3 is 2.41 bits per heavy atom. The molecule has 0 fully saturated rings. The Hall–Kier alpha value is -2.37. The fraction of sp³-hybridized carbons (Fsp3) is 0.250. The Balaban J connectivity index is 2.31. The molecule has 7 heteroatoms. The molecule has 0 bridgehead atoms. The first-order valence-corrected chi connectivity index (χ1v) is 9.32. The third kappa shape index (κ3) is 3.57. The Kier molecular flexibility index (Phi) is 5.53. The van der Waals surface area contributed by atoms with Crippen LogP contribution in [0.15, 0.2) is 53.3 Å². The molecule has 1 amide bonds. The summed E-state index contributed by atoms with van der Waals surface area (Å²) >= 11 is 11.5. The summed E-state index contributed by atoms with van der Waals surface area (Å²) in [6, 6.07) is 14.2. The number of para-hydroxylation sites is 2. The minimum atomic E-state index is -1.18. The SMILES string of the molecule is Cc1ccccc1-n1c(C(C)N(C)C(=O)C(Cl)Cl)nc2ccccc2c1=O. The number of carbonyl (C=O) groups is 1. The normalized spacial score (nSPS) is 12.4. The van der Waals surface area contributed by atoms with E-state index < -0.39 is 16.8 Å². The van der Waals surface area contributed by atoms with Crippen molar-refractivity contribution in [1.29, 1.82) is 0 Å². The number of aryl methyl sites for hydroxylation is 1. The maximum atomic E-state index is 13.3. The molecule has 0 aliphatic rings. The van der Waals surface area contributed by atoms with E-state index >= 15 is 0 Å². The lowest BCUT2D eigenvalue weighted by Gasteiger charge is -2.27. The van der Waals surface area contributed by atoms with Gasteiger partial charge in [0.2, 0.25) is 0 Å². The molecule has 1 heterocycles. The molecule has 1 aromatic heterocycles. The van der Waals surface area contributed by atoms with Gasteiger partial charge in [0, 0.05) is 7.05 Å². The predicted molar refractivity (Wildman–Crippen MR) is 109 cm³/mol. The molecule has 0 N–H and O–H groups in total. The van der Waals surface area contributed by atoms with Gasteiger partial charge in [-0.3, -0.25) is 14.2 Å². The van der Waals surface area contributed by atoms with Crippen molar-refractivity contribution in [2.75, 3.05) is 7.05 Å². The molecule has 0 aliphatic heterocycles. The maximum absolute atomic E-state index is 13.3. The molecule has 1 unspecified atom stereocenters. The summed E-state index contributed by atoms with van der Waals surface area (Å²) in [5, 5.41) is 0.512. The van der Waals surface area contributed by atoms with E-state index in [0.29, 0.717) is 16.7 Å². The van der Waals surface area contributed by atoms with Crippen LogP contribution in [0.4, 0.5) is 0 Å². The van der Waals surface area contributed by atoms with Gasteiger partial charge in [-0.25, -0.2) is 4.98 Å². The molecule has 3 aromatic rings. The molecule has 1 atom stereocenters. The van der Waals surface area contributed by atoms with Crippen molar-refractivity contribution in [2.24, 2.45) is 0 Å². The van der Waals surface area contributed by atoms with E-state index in [4.69, 9.17) is 28.2 Å². The zero-order valence-corrected chi connectivity index (χ0v) is 16.7. The van der Waals surface area contributed by atoms with Crippen LogP contribution in [0.2, 0.25) is 0 Å². The van der Waals surface area contributed by atoms with Gasteiger partial charge in [-0.2, -0.15) is 0 Å². The van der Waals surface area contributed by atoms with E-state index in [0.717, 1.165) is 11.3 Å². The number of carbonyl (C=O) groups excluding carboxylic acids is 1. The van der Waals surface area contributed by atoms with Crippen molar-refractivity contribution in [1.82, 2.24) is 14.5 Å². The second-order valence-corrected chi connectivity index (χ2v) is 7.44. The van der Waals surface area contributed by atoms with Crippen LogP contribution >= 0.6 is 23.2 Å². The standard InChI is InChI=1S/C20H19Cl2N3O2/c1-12-8-4-7-11-16(12)25-18(13(2)24(3)20(27)17(21)22)23-15-10-6-5-9-14(15)19(25)26/h4-11,13,17H,1-3H3. The number of aromatic nitrogens is 2. The third-order valence-corrected chi connectivity index (χ3v) is 5.02. The zero-order valence-electron chi connectivity index (χ0n) is 15.2. The van der Waals surface area contributed by atoms with E-state index in [1.54, 1.807) is 36.7 Å². The first-order chi connectivity index (χ1) is 12.8. The molecule has 0 spiro atoms. The molecule has 2 aromatic carbocycles. The lowest BCUT2D eigenvalue weighted by atomic mass is 10.1. The fourth-order valence-corrected chi connectivity index (χ4v) is 3.30. The summed E-state index contributed by atoms with van der Waals surface area (Å²) < 4.78 is 1.56. The molecule has 27 heavy (non-hydrogen) atoms. The first-order valence-electron chi connectivity index (χ1n) is 8.45. The van der Waals surface area contributed by atoms with Crippen molar-refractivity contribution in [3.8, 4) is 5.69 Å². The monoisotopic (exact) mass is 403 g/mol. The maximum Gasteiger partial charge on any atom is 0.266 e. The summed E-state index contributed by atoms with van der Waals surface area (Å²) in [6.07, 6.45) is 0. The van der Waals surface area contributed by atoms with Crippen LogP contribution in [-0.4, -0.2) is 32.2 Å². The summed E-state index contributed by atoms with van der Waals surface area (Å²) in [7, 11) is 1.59. The van der Waals surface area contributed by atoms with Gasteiger partial charge < -0.3 is 4.90 Å². The molecule has 0 radical (unpaired) electrons. The van der Waals surface area contributed by atoms with Crippen molar-refractivity contribution >= 4 is 40.0 Å². The van der Waals surface area contributed by atoms with Crippen LogP contribution in [0.25, 0.3) is 16.6 Å². The van der Waals surface area contributed by atoms with Crippen LogP contribution in [0.1, 0.15) is 24.4 Å². The van der Waals surface area contributed by atoms with Crippen LogP contribution in [0, 0.1) is 6.92 Å². The largest absolute Gasteiger partial charge is 0.333 e. The average Bonchev–Trinajstić information content (AvgIpc) is 2.67. The number of rotatable bonds is 4. The highest BCUT2D eigenvalue weighted by Gasteiger charge is 2.27. The smallest absolute Gasteiger partial charge is 0.266 e. The van der Waals surface area contributed by atoms with Gasteiger partial charge in [0.15, 0.2) is 4.84 Å². The number of alkyl halides is 2. The lowest BCUT2D eigenvalue weighted by molar-refractivity contribution is -0.130. The fourth-order valence-electron chi connectivity index (χ4n) is 3.00. The topological polar surface area (TPSA) is 55.2 Å². The van der Waals surface area contributed by atoms with Gasteiger partial charge in [0.1, 0.15) is 5.82 Å². The van der Waals surface area contributed by atoms with Gasteiger partial charge in [0.25, 0.3) is 11.5 Å². The van der Waals surface area contributed by atoms with Gasteiger partial charge in [-0.1, -0.05) is 53.5 Å². The second kappa shape index (κ2) is 7.71. The Morgan fingerprint density at radius 2 is 1.74 bits per heavy atom. The number of nitrogens with zero attached hydrogens (tertiary/aromatic N) is 3. The zero-order chi connectivity index (χ0) is 19.7. The lowest BCUT2D eigenvalue weighted by Crippen LogP contribution is -2.37. The first kappa shape index (κ1) is 19.4. The highest BCUT2D eigenvalue weighted by molar-refractivity contribution is 6.53. The molecule has 0 saturated carbocycles. The van der Waals surface area contributed by atoms with Gasteiger partial charge in [0.05, 0.1) is 22.6 Å². The third-order valence-electron chi connectivity index (χ3n) is 4.65. The molecule has 140 valence electrons. The van der Waals surface area contributed by atoms with Crippen molar-refractivity contribution < 1.29 is 4.79 Å². The molecular formula is C20H19Cl2N3O2. The Morgan fingerprint density at radius 1 is 1.11 bits per heavy atom. The highest BCUT2D eigenvalue weighted by Crippen LogP contribution is 2.24. The minimum Gasteiger partial charge on any atom is -0.333 e. The summed E-state index contributed by atoms with van der Waals surface area (Å²) in [4.78, 5) is 30.5.